The number of nitrogens with one attached hydrogen (secondary N) is 1. The highest BCUT2D eigenvalue weighted by Crippen LogP contribution is 2.10. The Balaban J connectivity index is 1.90. The minimum absolute atomic E-state index is 0.0290. The van der Waals surface area contributed by atoms with E-state index in [-0.39, 0.29) is 29.7 Å². The van der Waals surface area contributed by atoms with E-state index in [1.807, 2.05) is 20.8 Å². The van der Waals surface area contributed by atoms with Crippen LogP contribution in [-0.2, 0) is 11.2 Å². The average molecular weight is 335 g/mol. The van der Waals surface area contributed by atoms with Crippen molar-refractivity contribution in [2.45, 2.75) is 39.2 Å². The summed E-state index contributed by atoms with van der Waals surface area (Å²) in [7, 11) is 0. The summed E-state index contributed by atoms with van der Waals surface area (Å²) in [5, 5.41) is 2.95. The minimum atomic E-state index is -0.332. The number of nitrogens with zero attached hydrogens (tertiary/aromatic N) is 2. The van der Waals surface area contributed by atoms with Crippen molar-refractivity contribution in [1.29, 1.82) is 0 Å². The summed E-state index contributed by atoms with van der Waals surface area (Å²) in [6.07, 6.45) is 0.929. The zero-order valence-electron chi connectivity index (χ0n) is 14.6. The minimum Gasteiger partial charge on any atom is -0.341 e. The quantitative estimate of drug-likeness (QED) is 0.902. The van der Waals surface area contributed by atoms with Crippen LogP contribution in [0.25, 0.3) is 0 Å². The zero-order chi connectivity index (χ0) is 17.7. The highest BCUT2D eigenvalue weighted by atomic mass is 19.1. The van der Waals surface area contributed by atoms with Gasteiger partial charge in [-0.05, 0) is 44.9 Å². The Morgan fingerprint density at radius 2 is 1.79 bits per heavy atom. The van der Waals surface area contributed by atoms with E-state index >= 15 is 0 Å². The Kier molecular flexibility index (Phi) is 5.80. The fourth-order valence-electron chi connectivity index (χ4n) is 2.70. The molecule has 24 heavy (non-hydrogen) atoms. The number of rotatable bonds is 2. The summed E-state index contributed by atoms with van der Waals surface area (Å²) in [6.45, 7) is 8.09. The summed E-state index contributed by atoms with van der Waals surface area (Å²) < 4.78 is 13.2. The van der Waals surface area contributed by atoms with Gasteiger partial charge in [0.15, 0.2) is 0 Å². The van der Waals surface area contributed by atoms with Crippen molar-refractivity contribution < 1.29 is 14.0 Å². The van der Waals surface area contributed by atoms with E-state index in [4.69, 9.17) is 0 Å². The molecule has 2 rings (SSSR count). The van der Waals surface area contributed by atoms with Crippen molar-refractivity contribution in [3.05, 3.63) is 35.6 Å². The van der Waals surface area contributed by atoms with Gasteiger partial charge in [0.1, 0.15) is 5.82 Å². The zero-order valence-corrected chi connectivity index (χ0v) is 14.6. The Morgan fingerprint density at radius 1 is 1.12 bits per heavy atom. The Hall–Kier alpha value is -2.11. The van der Waals surface area contributed by atoms with Crippen LogP contribution in [0.2, 0.25) is 0 Å². The van der Waals surface area contributed by atoms with Crippen LogP contribution in [-0.4, -0.2) is 53.5 Å². The molecular formula is C18H26FN3O2. The highest BCUT2D eigenvalue weighted by molar-refractivity contribution is 5.79. The van der Waals surface area contributed by atoms with Crippen LogP contribution in [0, 0.1) is 5.82 Å². The maximum absolute atomic E-state index is 13.2. The molecule has 0 aliphatic carbocycles. The summed E-state index contributed by atoms with van der Waals surface area (Å²) in [4.78, 5) is 28.2. The lowest BCUT2D eigenvalue weighted by Crippen LogP contribution is -2.49. The molecular weight excluding hydrogens is 309 g/mol. The molecule has 1 aliphatic rings. The molecule has 1 aliphatic heterocycles. The van der Waals surface area contributed by atoms with E-state index in [0.29, 0.717) is 31.7 Å². The van der Waals surface area contributed by atoms with Gasteiger partial charge in [0.05, 0.1) is 6.42 Å². The molecule has 0 radical (unpaired) electrons. The second-order valence-corrected chi connectivity index (χ2v) is 7.21. The van der Waals surface area contributed by atoms with Gasteiger partial charge in [0.25, 0.3) is 0 Å². The first-order valence-electron chi connectivity index (χ1n) is 8.34. The van der Waals surface area contributed by atoms with Crippen LogP contribution in [0.5, 0.6) is 0 Å². The Labute approximate surface area is 142 Å². The van der Waals surface area contributed by atoms with Crippen molar-refractivity contribution in [1.82, 2.24) is 15.1 Å². The first-order chi connectivity index (χ1) is 11.2. The lowest BCUT2D eigenvalue weighted by molar-refractivity contribution is -0.130. The molecule has 0 bridgehead atoms. The molecule has 132 valence electrons. The highest BCUT2D eigenvalue weighted by Gasteiger charge is 2.24. The van der Waals surface area contributed by atoms with E-state index in [1.54, 1.807) is 21.9 Å². The molecule has 0 unspecified atom stereocenters. The normalized spacial score (nSPS) is 15.8. The van der Waals surface area contributed by atoms with Crippen molar-refractivity contribution >= 4 is 11.9 Å². The predicted octanol–water partition coefficient (Wildman–Crippen LogP) is 2.41. The molecule has 0 saturated carbocycles. The third kappa shape index (κ3) is 5.51. The SMILES string of the molecule is CC(C)(C)NC(=O)N1CCCN(C(=O)Cc2cccc(F)c2)CC1. The number of carbonyl (C=O) groups excluding carboxylic acids is 2. The third-order valence-corrected chi connectivity index (χ3v) is 3.86. The van der Waals surface area contributed by atoms with Crippen LogP contribution in [0.4, 0.5) is 9.18 Å². The average Bonchev–Trinajstić information content (AvgIpc) is 2.71. The molecule has 0 atom stereocenters. The third-order valence-electron chi connectivity index (χ3n) is 3.86. The molecule has 6 heteroatoms. The van der Waals surface area contributed by atoms with E-state index in [1.165, 1.54) is 12.1 Å². The van der Waals surface area contributed by atoms with Gasteiger partial charge in [-0.2, -0.15) is 0 Å². The van der Waals surface area contributed by atoms with Crippen LogP contribution in [0.3, 0.4) is 0 Å². The molecule has 0 spiro atoms. The van der Waals surface area contributed by atoms with Crippen LogP contribution in [0.1, 0.15) is 32.8 Å². The van der Waals surface area contributed by atoms with Crippen molar-refractivity contribution in [2.75, 3.05) is 26.2 Å². The lowest BCUT2D eigenvalue weighted by Gasteiger charge is -2.27. The fourth-order valence-corrected chi connectivity index (χ4v) is 2.70. The second-order valence-electron chi connectivity index (χ2n) is 7.21. The lowest BCUT2D eigenvalue weighted by atomic mass is 10.1. The molecule has 0 aromatic heterocycles. The number of hydrogen-bond donors (Lipinski definition) is 1. The van der Waals surface area contributed by atoms with Gasteiger partial charge in [0.2, 0.25) is 5.91 Å². The van der Waals surface area contributed by atoms with E-state index in [2.05, 4.69) is 5.32 Å². The second kappa shape index (κ2) is 7.64. The first kappa shape index (κ1) is 18.2. The number of halogens is 1. The van der Waals surface area contributed by atoms with Crippen LogP contribution >= 0.6 is 0 Å². The Bertz CT molecular complexity index is 598. The predicted molar refractivity (Wildman–Crippen MR) is 91.2 cm³/mol. The molecule has 1 N–H and O–H groups in total. The van der Waals surface area contributed by atoms with Crippen LogP contribution in [0.15, 0.2) is 24.3 Å². The van der Waals surface area contributed by atoms with E-state index in [0.717, 1.165) is 6.42 Å². The molecule has 1 heterocycles. The van der Waals surface area contributed by atoms with Gasteiger partial charge in [0, 0.05) is 31.7 Å². The molecule has 3 amide bonds. The standard InChI is InChI=1S/C18H26FN3O2/c1-18(2,3)20-17(24)22-9-5-8-21(10-11-22)16(23)13-14-6-4-7-15(19)12-14/h4,6-7,12H,5,8-11,13H2,1-3H3,(H,20,24). The van der Waals surface area contributed by atoms with E-state index in [9.17, 15) is 14.0 Å². The topological polar surface area (TPSA) is 52.7 Å². The van der Waals surface area contributed by atoms with Crippen molar-refractivity contribution in [2.24, 2.45) is 0 Å². The van der Waals surface area contributed by atoms with Gasteiger partial charge in [-0.15, -0.1) is 0 Å². The van der Waals surface area contributed by atoms with Gasteiger partial charge in [-0.1, -0.05) is 12.1 Å². The van der Waals surface area contributed by atoms with Gasteiger partial charge >= 0.3 is 6.03 Å². The number of amides is 3. The molecule has 1 aromatic rings. The summed E-state index contributed by atoms with van der Waals surface area (Å²) in [5.41, 5.74) is 0.391. The van der Waals surface area contributed by atoms with Crippen LogP contribution < -0.4 is 5.32 Å². The number of benzene rings is 1. The maximum atomic E-state index is 13.2. The summed E-state index contributed by atoms with van der Waals surface area (Å²) in [6, 6.07) is 6.02. The van der Waals surface area contributed by atoms with Crippen molar-refractivity contribution in [3.8, 4) is 0 Å². The number of urea groups is 1. The Morgan fingerprint density at radius 3 is 2.46 bits per heavy atom. The smallest absolute Gasteiger partial charge is 0.317 e. The first-order valence-corrected chi connectivity index (χ1v) is 8.34. The summed E-state index contributed by atoms with van der Waals surface area (Å²) in [5.74, 6) is -0.361. The largest absolute Gasteiger partial charge is 0.341 e. The number of carbonyl (C=O) groups is 2. The van der Waals surface area contributed by atoms with Gasteiger partial charge in [-0.3, -0.25) is 4.79 Å². The molecule has 1 saturated heterocycles. The molecule has 1 aromatic carbocycles. The fraction of sp³-hybridized carbons (Fsp3) is 0.556. The summed E-state index contributed by atoms with van der Waals surface area (Å²) >= 11 is 0. The van der Waals surface area contributed by atoms with Gasteiger partial charge in [-0.25, -0.2) is 9.18 Å². The maximum Gasteiger partial charge on any atom is 0.317 e. The van der Waals surface area contributed by atoms with Gasteiger partial charge < -0.3 is 15.1 Å². The van der Waals surface area contributed by atoms with Crippen molar-refractivity contribution in [3.63, 3.8) is 0 Å². The number of hydrogen-bond acceptors (Lipinski definition) is 2. The van der Waals surface area contributed by atoms with E-state index < -0.39 is 0 Å². The molecule has 5 nitrogen and oxygen atoms in total. The monoisotopic (exact) mass is 335 g/mol. The molecule has 1 fully saturated rings.